The number of rotatable bonds is 3. The highest BCUT2D eigenvalue weighted by atomic mass is 35.5. The third kappa shape index (κ3) is 3.00. The van der Waals surface area contributed by atoms with Crippen LogP contribution in [0.2, 0.25) is 5.15 Å². The Hall–Kier alpha value is -2.07. The number of carbonyl (C=O) groups excluding carboxylic acids is 1. The summed E-state index contributed by atoms with van der Waals surface area (Å²) in [5.41, 5.74) is 2.73. The fourth-order valence-electron chi connectivity index (χ4n) is 2.39. The minimum atomic E-state index is -0.0142. The van der Waals surface area contributed by atoms with E-state index in [0.29, 0.717) is 23.9 Å². The highest BCUT2D eigenvalue weighted by molar-refractivity contribution is 6.29. The van der Waals surface area contributed by atoms with Crippen LogP contribution in [0.1, 0.15) is 21.5 Å². The molecule has 0 bridgehead atoms. The van der Waals surface area contributed by atoms with Crippen LogP contribution in [-0.2, 0) is 13.0 Å². The molecule has 108 valence electrons. The summed E-state index contributed by atoms with van der Waals surface area (Å²) < 4.78 is 5.45. The number of amides is 1. The molecule has 3 rings (SSSR count). The van der Waals surface area contributed by atoms with Crippen LogP contribution in [-0.4, -0.2) is 29.4 Å². The maximum atomic E-state index is 12.5. The molecule has 0 saturated carbocycles. The molecule has 5 heteroatoms. The Kier molecular flexibility index (Phi) is 3.80. The molecule has 0 radical (unpaired) electrons. The predicted molar refractivity (Wildman–Crippen MR) is 80.7 cm³/mol. The van der Waals surface area contributed by atoms with E-state index in [1.54, 1.807) is 24.2 Å². The second-order valence-electron chi connectivity index (χ2n) is 5.07. The highest BCUT2D eigenvalue weighted by Gasteiger charge is 2.17. The van der Waals surface area contributed by atoms with E-state index in [9.17, 15) is 4.79 Å². The maximum absolute atomic E-state index is 12.5. The molecule has 1 amide bonds. The summed E-state index contributed by atoms with van der Waals surface area (Å²) in [5, 5.41) is 0.450. The van der Waals surface area contributed by atoms with Crippen LogP contribution in [0, 0.1) is 0 Å². The van der Waals surface area contributed by atoms with Crippen LogP contribution in [0.3, 0.4) is 0 Å². The van der Waals surface area contributed by atoms with Crippen molar-refractivity contribution in [3.63, 3.8) is 0 Å². The van der Waals surface area contributed by atoms with Crippen molar-refractivity contribution in [2.24, 2.45) is 0 Å². The first kappa shape index (κ1) is 13.9. The average molecular weight is 303 g/mol. The van der Waals surface area contributed by atoms with Gasteiger partial charge in [-0.05, 0) is 35.4 Å². The summed E-state index contributed by atoms with van der Waals surface area (Å²) >= 11 is 5.76. The first-order valence-electron chi connectivity index (χ1n) is 6.75. The molecule has 0 fully saturated rings. The third-order valence-electron chi connectivity index (χ3n) is 3.49. The lowest BCUT2D eigenvalue weighted by molar-refractivity contribution is 0.0785. The summed E-state index contributed by atoms with van der Waals surface area (Å²) in [7, 11) is 1.78. The van der Waals surface area contributed by atoms with E-state index in [2.05, 4.69) is 4.98 Å². The zero-order valence-electron chi connectivity index (χ0n) is 11.7. The van der Waals surface area contributed by atoms with E-state index in [-0.39, 0.29) is 5.91 Å². The topological polar surface area (TPSA) is 42.4 Å². The average Bonchev–Trinajstić information content (AvgIpc) is 2.96. The Morgan fingerprint density at radius 1 is 1.38 bits per heavy atom. The molecule has 0 saturated heterocycles. The first-order chi connectivity index (χ1) is 10.1. The van der Waals surface area contributed by atoms with Crippen LogP contribution >= 0.6 is 11.6 Å². The lowest BCUT2D eigenvalue weighted by Gasteiger charge is -2.17. The number of aromatic nitrogens is 1. The number of pyridine rings is 1. The van der Waals surface area contributed by atoms with Crippen molar-refractivity contribution in [3.8, 4) is 5.75 Å². The molecule has 4 nitrogen and oxygen atoms in total. The fourth-order valence-corrected chi connectivity index (χ4v) is 2.50. The third-order valence-corrected chi connectivity index (χ3v) is 3.72. The summed E-state index contributed by atoms with van der Waals surface area (Å²) in [6.45, 7) is 1.19. The number of benzene rings is 1. The van der Waals surface area contributed by atoms with Gasteiger partial charge in [0.2, 0.25) is 0 Å². The minimum Gasteiger partial charge on any atom is -0.493 e. The molecule has 0 aliphatic carbocycles. The lowest BCUT2D eigenvalue weighted by Crippen LogP contribution is -2.26. The summed E-state index contributed by atoms with van der Waals surface area (Å²) in [6.07, 6.45) is 2.55. The van der Waals surface area contributed by atoms with Gasteiger partial charge in [-0.1, -0.05) is 17.7 Å². The second-order valence-corrected chi connectivity index (χ2v) is 5.46. The van der Waals surface area contributed by atoms with E-state index >= 15 is 0 Å². The van der Waals surface area contributed by atoms with Gasteiger partial charge in [0.1, 0.15) is 10.9 Å². The van der Waals surface area contributed by atoms with Crippen molar-refractivity contribution in [1.82, 2.24) is 9.88 Å². The zero-order chi connectivity index (χ0) is 14.8. The summed E-state index contributed by atoms with van der Waals surface area (Å²) in [5.74, 6) is 0.871. The first-order valence-corrected chi connectivity index (χ1v) is 7.13. The molecule has 0 atom stereocenters. The van der Waals surface area contributed by atoms with Gasteiger partial charge in [-0.2, -0.15) is 0 Å². The van der Waals surface area contributed by atoms with Gasteiger partial charge in [0.05, 0.1) is 6.61 Å². The minimum absolute atomic E-state index is 0.0142. The van der Waals surface area contributed by atoms with E-state index in [1.165, 1.54) is 0 Å². The van der Waals surface area contributed by atoms with Gasteiger partial charge in [-0.3, -0.25) is 4.79 Å². The molecular formula is C16H15ClN2O2. The zero-order valence-corrected chi connectivity index (χ0v) is 12.4. The van der Waals surface area contributed by atoms with Gasteiger partial charge >= 0.3 is 0 Å². The Morgan fingerprint density at radius 3 is 3.00 bits per heavy atom. The number of carbonyl (C=O) groups is 1. The number of hydrogen-bond acceptors (Lipinski definition) is 3. The monoisotopic (exact) mass is 302 g/mol. The van der Waals surface area contributed by atoms with Crippen LogP contribution in [0.5, 0.6) is 5.75 Å². The molecule has 0 unspecified atom stereocenters. The van der Waals surface area contributed by atoms with Crippen LogP contribution in [0.4, 0.5) is 0 Å². The summed E-state index contributed by atoms with van der Waals surface area (Å²) in [4.78, 5) is 18.1. The van der Waals surface area contributed by atoms with E-state index in [1.807, 2.05) is 24.3 Å². The van der Waals surface area contributed by atoms with E-state index < -0.39 is 0 Å². The van der Waals surface area contributed by atoms with Crippen molar-refractivity contribution >= 4 is 17.5 Å². The number of nitrogens with zero attached hydrogens (tertiary/aromatic N) is 2. The van der Waals surface area contributed by atoms with Gasteiger partial charge in [0.25, 0.3) is 5.91 Å². The Labute approximate surface area is 128 Å². The number of fused-ring (bicyclic) bond motifs is 1. The normalized spacial score (nSPS) is 12.7. The molecule has 1 aromatic heterocycles. The quantitative estimate of drug-likeness (QED) is 0.819. The van der Waals surface area contributed by atoms with Crippen molar-refractivity contribution in [2.75, 3.05) is 13.7 Å². The van der Waals surface area contributed by atoms with Crippen LogP contribution < -0.4 is 4.74 Å². The molecule has 1 aromatic carbocycles. The van der Waals surface area contributed by atoms with Crippen molar-refractivity contribution in [3.05, 3.63) is 58.4 Å². The van der Waals surface area contributed by atoms with Crippen LogP contribution in [0.25, 0.3) is 0 Å². The van der Waals surface area contributed by atoms with Crippen molar-refractivity contribution < 1.29 is 9.53 Å². The van der Waals surface area contributed by atoms with Crippen molar-refractivity contribution in [1.29, 1.82) is 0 Å². The molecular weight excluding hydrogens is 288 g/mol. The second kappa shape index (κ2) is 5.74. The van der Waals surface area contributed by atoms with Gasteiger partial charge in [-0.25, -0.2) is 4.98 Å². The molecule has 2 aromatic rings. The molecule has 21 heavy (non-hydrogen) atoms. The SMILES string of the molecule is CN(Cc1ccc(Cl)nc1)C(=O)c1ccc2c(c1)CCO2. The maximum Gasteiger partial charge on any atom is 0.253 e. The number of hydrogen-bond donors (Lipinski definition) is 0. The van der Waals surface area contributed by atoms with Gasteiger partial charge in [0.15, 0.2) is 0 Å². The number of halogens is 1. The molecule has 0 spiro atoms. The lowest BCUT2D eigenvalue weighted by atomic mass is 10.1. The highest BCUT2D eigenvalue weighted by Crippen LogP contribution is 2.26. The van der Waals surface area contributed by atoms with E-state index in [4.69, 9.17) is 16.3 Å². The van der Waals surface area contributed by atoms with Crippen molar-refractivity contribution in [2.45, 2.75) is 13.0 Å². The molecule has 2 heterocycles. The number of ether oxygens (including phenoxy) is 1. The predicted octanol–water partition coefficient (Wildman–Crippen LogP) is 2.94. The fraction of sp³-hybridized carbons (Fsp3) is 0.250. The smallest absolute Gasteiger partial charge is 0.253 e. The molecule has 1 aliphatic heterocycles. The van der Waals surface area contributed by atoms with Crippen LogP contribution in [0.15, 0.2) is 36.5 Å². The molecule has 0 N–H and O–H groups in total. The largest absolute Gasteiger partial charge is 0.493 e. The Balaban J connectivity index is 1.73. The molecule has 1 aliphatic rings. The Bertz CT molecular complexity index is 670. The van der Waals surface area contributed by atoms with E-state index in [0.717, 1.165) is 23.3 Å². The summed E-state index contributed by atoms with van der Waals surface area (Å²) in [6, 6.07) is 9.19. The van der Waals surface area contributed by atoms with Gasteiger partial charge in [0, 0.05) is 31.8 Å². The van der Waals surface area contributed by atoms with Gasteiger partial charge < -0.3 is 9.64 Å². The van der Waals surface area contributed by atoms with Gasteiger partial charge in [-0.15, -0.1) is 0 Å². The standard InChI is InChI=1S/C16H15ClN2O2/c1-19(10-11-2-5-15(17)18-9-11)16(20)13-3-4-14-12(8-13)6-7-21-14/h2-5,8-9H,6-7,10H2,1H3. The Morgan fingerprint density at radius 2 is 2.24 bits per heavy atom.